The molecule has 0 bridgehead atoms. The van der Waals surface area contributed by atoms with E-state index >= 15 is 0 Å². The maximum Gasteiger partial charge on any atom is 0.414 e. The third-order valence-corrected chi connectivity index (χ3v) is 11.4. The molecule has 0 unspecified atom stereocenters. The zero-order chi connectivity index (χ0) is 38.9. The van der Waals surface area contributed by atoms with Crippen LogP contribution in [0.5, 0.6) is 0 Å². The van der Waals surface area contributed by atoms with E-state index in [9.17, 15) is 19.2 Å². The molecule has 0 aromatic carbocycles. The zero-order valence-corrected chi connectivity index (χ0v) is 34.7. The van der Waals surface area contributed by atoms with Gasteiger partial charge in [-0.15, -0.1) is 0 Å². The third-order valence-electron chi connectivity index (χ3n) is 11.4. The van der Waals surface area contributed by atoms with E-state index in [1.807, 2.05) is 0 Å². The van der Waals surface area contributed by atoms with Crippen LogP contribution in [0.1, 0.15) is 219 Å². The first-order valence-electron chi connectivity index (χ1n) is 22.8. The Morgan fingerprint density at radius 1 is 0.426 bits per heavy atom. The smallest absolute Gasteiger partial charge is 0.414 e. The highest BCUT2D eigenvalue weighted by molar-refractivity contribution is 5.92. The van der Waals surface area contributed by atoms with Gasteiger partial charge in [0.25, 0.3) is 0 Å². The van der Waals surface area contributed by atoms with E-state index in [1.165, 1.54) is 103 Å². The van der Waals surface area contributed by atoms with Crippen LogP contribution in [0.25, 0.3) is 0 Å². The van der Waals surface area contributed by atoms with Crippen molar-refractivity contribution in [1.82, 2.24) is 10.6 Å². The van der Waals surface area contributed by atoms with Crippen LogP contribution in [-0.2, 0) is 19.1 Å². The minimum Gasteiger partial charge on any atom is -0.446 e. The van der Waals surface area contributed by atoms with Gasteiger partial charge in [-0.05, 0) is 89.9 Å². The van der Waals surface area contributed by atoms with Gasteiger partial charge in [-0.1, -0.05) is 141 Å². The molecule has 2 aliphatic carbocycles. The number of fused-ring (bicyclic) bond motifs is 1. The molecule has 8 nitrogen and oxygen atoms in total. The van der Waals surface area contributed by atoms with Crippen molar-refractivity contribution in [2.45, 2.75) is 232 Å². The van der Waals surface area contributed by atoms with Gasteiger partial charge >= 0.3 is 12.2 Å². The van der Waals surface area contributed by atoms with Crippen molar-refractivity contribution in [2.24, 2.45) is 11.8 Å². The average molecular weight is 757 g/mol. The van der Waals surface area contributed by atoms with Crippen LogP contribution in [0.3, 0.4) is 0 Å². The van der Waals surface area contributed by atoms with Crippen LogP contribution >= 0.6 is 0 Å². The van der Waals surface area contributed by atoms with E-state index in [2.05, 4.69) is 48.8 Å². The molecule has 2 saturated carbocycles. The molecule has 0 spiro atoms. The van der Waals surface area contributed by atoms with E-state index in [1.54, 1.807) is 0 Å². The van der Waals surface area contributed by atoms with Gasteiger partial charge in [-0.3, -0.25) is 20.2 Å². The summed E-state index contributed by atoms with van der Waals surface area (Å²) in [7, 11) is 0. The Hall–Kier alpha value is -2.64. The Bertz CT molecular complexity index is 976. The van der Waals surface area contributed by atoms with Crippen LogP contribution < -0.4 is 10.6 Å². The molecule has 8 heteroatoms. The van der Waals surface area contributed by atoms with Gasteiger partial charge in [0.2, 0.25) is 11.8 Å². The fourth-order valence-electron chi connectivity index (χ4n) is 8.18. The number of carbonyl (C=O) groups is 4. The summed E-state index contributed by atoms with van der Waals surface area (Å²) in [6.45, 7) is 4.51. The lowest BCUT2D eigenvalue weighted by atomic mass is 9.98. The molecule has 0 aliphatic heterocycles. The molecular formula is C46H80N2O6. The number of allylic oxidation sites excluding steroid dienone is 4. The molecule has 4 atom stereocenters. The second-order valence-corrected chi connectivity index (χ2v) is 16.1. The van der Waals surface area contributed by atoms with Crippen molar-refractivity contribution >= 4 is 24.0 Å². The highest BCUT2D eigenvalue weighted by Gasteiger charge is 2.48. The summed E-state index contributed by atoms with van der Waals surface area (Å²) in [6.07, 6.45) is 42.1. The summed E-state index contributed by atoms with van der Waals surface area (Å²) < 4.78 is 11.3. The van der Waals surface area contributed by atoms with Crippen molar-refractivity contribution in [1.29, 1.82) is 0 Å². The number of alkyl carbamates (subject to hydrolysis) is 2. The summed E-state index contributed by atoms with van der Waals surface area (Å²) in [5, 5.41) is 4.81. The monoisotopic (exact) mass is 757 g/mol. The highest BCUT2D eigenvalue weighted by Crippen LogP contribution is 2.46. The molecule has 0 aromatic heterocycles. The van der Waals surface area contributed by atoms with E-state index < -0.39 is 12.2 Å². The molecule has 2 rings (SSSR count). The summed E-state index contributed by atoms with van der Waals surface area (Å²) in [4.78, 5) is 49.7. The second-order valence-electron chi connectivity index (χ2n) is 16.1. The summed E-state index contributed by atoms with van der Waals surface area (Å²) >= 11 is 0. The molecule has 2 fully saturated rings. The predicted molar refractivity (Wildman–Crippen MR) is 221 cm³/mol. The summed E-state index contributed by atoms with van der Waals surface area (Å²) in [5.41, 5.74) is 0. The first kappa shape index (κ1) is 47.5. The fraction of sp³-hybridized carbons (Fsp3) is 0.826. The minimum atomic E-state index is -0.679. The Labute approximate surface area is 330 Å². The molecule has 0 saturated heterocycles. The van der Waals surface area contributed by atoms with Gasteiger partial charge in [0.05, 0.1) is 0 Å². The van der Waals surface area contributed by atoms with Crippen molar-refractivity contribution in [3.05, 3.63) is 24.3 Å². The molecule has 0 aromatic rings. The first-order valence-corrected chi connectivity index (χ1v) is 22.8. The maximum atomic E-state index is 12.5. The van der Waals surface area contributed by atoms with Crippen LogP contribution in [0.15, 0.2) is 24.3 Å². The van der Waals surface area contributed by atoms with Crippen LogP contribution in [0.4, 0.5) is 9.59 Å². The molecule has 0 radical (unpaired) electrons. The lowest BCUT2D eigenvalue weighted by Gasteiger charge is -2.21. The number of imide groups is 2. The molecule has 54 heavy (non-hydrogen) atoms. The molecule has 2 aliphatic rings. The van der Waals surface area contributed by atoms with Crippen LogP contribution in [0.2, 0.25) is 0 Å². The lowest BCUT2D eigenvalue weighted by molar-refractivity contribution is -0.121. The molecule has 2 N–H and O–H groups in total. The second kappa shape index (κ2) is 32.6. The van der Waals surface area contributed by atoms with Crippen molar-refractivity contribution in [2.75, 3.05) is 0 Å². The van der Waals surface area contributed by atoms with Gasteiger partial charge in [-0.2, -0.15) is 0 Å². The van der Waals surface area contributed by atoms with Crippen LogP contribution in [0, 0.1) is 11.8 Å². The number of hydrogen-bond donors (Lipinski definition) is 2. The predicted octanol–water partition coefficient (Wildman–Crippen LogP) is 13.1. The van der Waals surface area contributed by atoms with E-state index in [0.29, 0.717) is 25.7 Å². The SMILES string of the molecule is CCCCCCCC/C=C\CCCCCCCC(=O)NC(=O)O[C@H]1CC[C@H]2[C@@H]1CC[C@H]2OC(=O)NC(=O)CCCCCCC/C=C\CCCCCCCC. The lowest BCUT2D eigenvalue weighted by Crippen LogP contribution is -2.36. The Balaban J connectivity index is 1.44. The third kappa shape index (κ3) is 24.0. The normalized spacial score (nSPS) is 19.4. The van der Waals surface area contributed by atoms with Gasteiger partial charge in [0.1, 0.15) is 12.2 Å². The summed E-state index contributed by atoms with van der Waals surface area (Å²) in [5.74, 6) is -0.382. The maximum absolute atomic E-state index is 12.5. The Kier molecular flexibility index (Phi) is 28.7. The molecule has 0 heterocycles. The van der Waals surface area contributed by atoms with Crippen molar-refractivity contribution in [3.8, 4) is 0 Å². The quantitative estimate of drug-likeness (QED) is 0.0522. The number of nitrogens with one attached hydrogen (secondary N) is 2. The number of rotatable bonds is 32. The summed E-state index contributed by atoms with van der Waals surface area (Å²) in [6, 6.07) is 0. The van der Waals surface area contributed by atoms with Gasteiger partial charge in [-0.25, -0.2) is 9.59 Å². The van der Waals surface area contributed by atoms with E-state index in [4.69, 9.17) is 9.47 Å². The van der Waals surface area contributed by atoms with E-state index in [-0.39, 0.29) is 35.9 Å². The number of carbonyl (C=O) groups excluding carboxylic acids is 4. The minimum absolute atomic E-state index is 0.0977. The first-order chi connectivity index (χ1) is 26.4. The van der Waals surface area contributed by atoms with Crippen molar-refractivity contribution in [3.63, 3.8) is 0 Å². The number of unbranched alkanes of at least 4 members (excludes halogenated alkanes) is 22. The number of amides is 4. The van der Waals surface area contributed by atoms with Gasteiger partial charge in [0.15, 0.2) is 0 Å². The Morgan fingerprint density at radius 2 is 0.722 bits per heavy atom. The number of hydrogen-bond acceptors (Lipinski definition) is 6. The molecule has 4 amide bonds. The molecular weight excluding hydrogens is 677 g/mol. The Morgan fingerprint density at radius 3 is 1.06 bits per heavy atom. The standard InChI is InChI=1S/C46H80N2O6/c1-3-5-7-9-11-13-15-17-19-21-23-25-27-29-31-33-43(49)47-45(51)53-41-37-35-40-39(41)36-38-42(40)54-46(52)48-44(50)34-32-30-28-26-24-22-20-18-16-14-12-10-8-6-4-2/h17-20,39-42H,3-16,21-38H2,1-2H3,(H,47,49,51)(H,48,50,52)/b19-17-,20-18-/t39-,40-,41-,42+/m0/s1. The number of ether oxygens (including phenoxy) is 2. The van der Waals surface area contributed by atoms with Gasteiger partial charge in [0, 0.05) is 24.7 Å². The van der Waals surface area contributed by atoms with E-state index in [0.717, 1.165) is 77.0 Å². The largest absolute Gasteiger partial charge is 0.446 e. The fourth-order valence-corrected chi connectivity index (χ4v) is 8.18. The van der Waals surface area contributed by atoms with Crippen molar-refractivity contribution < 1.29 is 28.7 Å². The van der Waals surface area contributed by atoms with Gasteiger partial charge < -0.3 is 9.47 Å². The van der Waals surface area contributed by atoms with Crippen LogP contribution in [-0.4, -0.2) is 36.2 Å². The zero-order valence-electron chi connectivity index (χ0n) is 34.7. The average Bonchev–Trinajstić information content (AvgIpc) is 3.74. The topological polar surface area (TPSA) is 111 Å². The highest BCUT2D eigenvalue weighted by atomic mass is 16.6. The molecule has 310 valence electrons.